The molecular weight excluding hydrogens is 204 g/mol. The second-order valence-corrected chi connectivity index (χ2v) is 4.94. The molecule has 0 N–H and O–H groups in total. The molecule has 0 aromatic heterocycles. The summed E-state index contributed by atoms with van der Waals surface area (Å²) in [4.78, 5) is 20.9. The van der Waals surface area contributed by atoms with Crippen LogP contribution in [0.25, 0.3) is 0 Å². The molecule has 0 aliphatic rings. The lowest BCUT2D eigenvalue weighted by molar-refractivity contribution is -0.281. The van der Waals surface area contributed by atoms with E-state index in [1.54, 1.807) is 0 Å². The molecule has 3 nitrogen and oxygen atoms in total. The summed E-state index contributed by atoms with van der Waals surface area (Å²) < 4.78 is 0. The monoisotopic (exact) mass is 222 g/mol. The van der Waals surface area contributed by atoms with Crippen molar-refractivity contribution in [3.05, 3.63) is 35.9 Å². The largest absolute Gasteiger partial charge is 0.342 e. The van der Waals surface area contributed by atoms with Gasteiger partial charge in [0.15, 0.2) is 0 Å². The van der Waals surface area contributed by atoms with Crippen molar-refractivity contribution in [2.45, 2.75) is 33.8 Å². The Hall–Kier alpha value is -1.35. The molecule has 16 heavy (non-hydrogen) atoms. The highest BCUT2D eigenvalue weighted by atomic mass is 17.2. The van der Waals surface area contributed by atoms with E-state index in [2.05, 4.69) is 4.89 Å². The van der Waals surface area contributed by atoms with Gasteiger partial charge in [-0.15, -0.1) is 0 Å². The Kier molecular flexibility index (Phi) is 4.50. The fourth-order valence-electron chi connectivity index (χ4n) is 1.20. The lowest BCUT2D eigenvalue weighted by Gasteiger charge is -2.15. The zero-order chi connectivity index (χ0) is 12.0. The van der Waals surface area contributed by atoms with Gasteiger partial charge in [-0.3, -0.25) is 4.89 Å². The van der Waals surface area contributed by atoms with Crippen molar-refractivity contribution in [1.29, 1.82) is 0 Å². The summed E-state index contributed by atoms with van der Waals surface area (Å²) in [5, 5.41) is 0. The summed E-state index contributed by atoms with van der Waals surface area (Å²) in [5.41, 5.74) is 0.902. The SMILES string of the molecule is CC(C)(C)CC(=O)OOCc1ccccc1. The molecule has 0 saturated heterocycles. The van der Waals surface area contributed by atoms with Crippen LogP contribution in [0.3, 0.4) is 0 Å². The molecule has 0 radical (unpaired) electrons. The van der Waals surface area contributed by atoms with Crippen molar-refractivity contribution in [2.24, 2.45) is 5.41 Å². The van der Waals surface area contributed by atoms with E-state index in [9.17, 15) is 4.79 Å². The zero-order valence-corrected chi connectivity index (χ0v) is 10.0. The highest BCUT2D eigenvalue weighted by Gasteiger charge is 2.17. The molecule has 0 fully saturated rings. The molecule has 88 valence electrons. The van der Waals surface area contributed by atoms with E-state index in [-0.39, 0.29) is 18.0 Å². The maximum absolute atomic E-state index is 11.3. The third-order valence-electron chi connectivity index (χ3n) is 1.89. The topological polar surface area (TPSA) is 35.5 Å². The van der Waals surface area contributed by atoms with Crippen LogP contribution in [0, 0.1) is 5.41 Å². The Morgan fingerprint density at radius 2 is 1.81 bits per heavy atom. The van der Waals surface area contributed by atoms with Gasteiger partial charge in [0.05, 0.1) is 6.42 Å². The predicted octanol–water partition coefficient (Wildman–Crippen LogP) is 3.10. The van der Waals surface area contributed by atoms with Crippen LogP contribution in [0.2, 0.25) is 0 Å². The Bertz CT molecular complexity index is 325. The van der Waals surface area contributed by atoms with Crippen LogP contribution in [0.4, 0.5) is 0 Å². The second kappa shape index (κ2) is 5.66. The average Bonchev–Trinajstić information content (AvgIpc) is 2.16. The van der Waals surface area contributed by atoms with Crippen molar-refractivity contribution in [1.82, 2.24) is 0 Å². The predicted molar refractivity (Wildman–Crippen MR) is 61.4 cm³/mol. The van der Waals surface area contributed by atoms with Gasteiger partial charge in [-0.2, -0.15) is 4.89 Å². The second-order valence-electron chi connectivity index (χ2n) is 4.94. The fraction of sp³-hybridized carbons (Fsp3) is 0.462. The zero-order valence-electron chi connectivity index (χ0n) is 10.0. The molecule has 0 amide bonds. The normalized spacial score (nSPS) is 11.2. The molecule has 0 bridgehead atoms. The molecule has 0 aliphatic carbocycles. The number of carbonyl (C=O) groups is 1. The van der Waals surface area contributed by atoms with Gasteiger partial charge in [0.2, 0.25) is 0 Å². The van der Waals surface area contributed by atoms with E-state index in [4.69, 9.17) is 4.89 Å². The van der Waals surface area contributed by atoms with Crippen molar-refractivity contribution in [2.75, 3.05) is 0 Å². The van der Waals surface area contributed by atoms with Crippen LogP contribution in [0.15, 0.2) is 30.3 Å². The molecular formula is C13H18O3. The van der Waals surface area contributed by atoms with E-state index in [1.807, 2.05) is 51.1 Å². The van der Waals surface area contributed by atoms with Crippen LogP contribution in [0.5, 0.6) is 0 Å². The summed E-state index contributed by atoms with van der Waals surface area (Å²) in [6, 6.07) is 9.58. The molecule has 1 aromatic rings. The Labute approximate surface area is 96.3 Å². The Balaban J connectivity index is 2.24. The molecule has 1 rings (SSSR count). The van der Waals surface area contributed by atoms with E-state index in [0.717, 1.165) is 5.56 Å². The summed E-state index contributed by atoms with van der Waals surface area (Å²) in [7, 11) is 0. The smallest absolute Gasteiger partial charge is 0.298 e. The number of rotatable bonds is 4. The third kappa shape index (κ3) is 5.51. The maximum Gasteiger partial charge on any atom is 0.342 e. The number of hydrogen-bond donors (Lipinski definition) is 0. The van der Waals surface area contributed by atoms with E-state index in [0.29, 0.717) is 6.42 Å². The van der Waals surface area contributed by atoms with Gasteiger partial charge in [0.1, 0.15) is 6.61 Å². The number of carbonyl (C=O) groups excluding carboxylic acids is 1. The van der Waals surface area contributed by atoms with Crippen molar-refractivity contribution in [3.63, 3.8) is 0 Å². The molecule has 0 atom stereocenters. The van der Waals surface area contributed by atoms with E-state index >= 15 is 0 Å². The Morgan fingerprint density at radius 1 is 1.19 bits per heavy atom. The van der Waals surface area contributed by atoms with Gasteiger partial charge >= 0.3 is 5.97 Å². The molecule has 0 spiro atoms. The summed E-state index contributed by atoms with van der Waals surface area (Å²) in [5.74, 6) is -0.330. The minimum Gasteiger partial charge on any atom is -0.298 e. The van der Waals surface area contributed by atoms with Gasteiger partial charge in [-0.25, -0.2) is 4.79 Å². The fourth-order valence-corrected chi connectivity index (χ4v) is 1.20. The molecule has 0 heterocycles. The average molecular weight is 222 g/mol. The van der Waals surface area contributed by atoms with Crippen LogP contribution in [0.1, 0.15) is 32.8 Å². The van der Waals surface area contributed by atoms with Crippen LogP contribution >= 0.6 is 0 Å². The van der Waals surface area contributed by atoms with Crippen LogP contribution in [-0.2, 0) is 21.2 Å². The quantitative estimate of drug-likeness (QED) is 0.580. The maximum atomic E-state index is 11.3. The first-order chi connectivity index (χ1) is 7.47. The van der Waals surface area contributed by atoms with Crippen LogP contribution in [-0.4, -0.2) is 5.97 Å². The molecule has 1 aromatic carbocycles. The van der Waals surface area contributed by atoms with Gasteiger partial charge in [0, 0.05) is 0 Å². The van der Waals surface area contributed by atoms with E-state index in [1.165, 1.54) is 0 Å². The van der Waals surface area contributed by atoms with Crippen molar-refractivity contribution in [3.8, 4) is 0 Å². The minimum absolute atomic E-state index is 0.0762. The molecule has 0 unspecified atom stereocenters. The molecule has 0 saturated carbocycles. The van der Waals surface area contributed by atoms with Crippen molar-refractivity contribution >= 4 is 5.97 Å². The van der Waals surface area contributed by atoms with Gasteiger partial charge in [0.25, 0.3) is 0 Å². The first-order valence-corrected chi connectivity index (χ1v) is 5.33. The summed E-state index contributed by atoms with van der Waals surface area (Å²) >= 11 is 0. The van der Waals surface area contributed by atoms with E-state index < -0.39 is 0 Å². The highest BCUT2D eigenvalue weighted by molar-refractivity contribution is 5.69. The lowest BCUT2D eigenvalue weighted by Crippen LogP contribution is -2.15. The highest BCUT2D eigenvalue weighted by Crippen LogP contribution is 2.19. The van der Waals surface area contributed by atoms with Crippen molar-refractivity contribution < 1.29 is 14.6 Å². The standard InChI is InChI=1S/C13H18O3/c1-13(2,3)9-12(14)16-15-10-11-7-5-4-6-8-11/h4-8H,9-10H2,1-3H3. The summed E-state index contributed by atoms with van der Waals surface area (Å²) in [6.45, 7) is 6.22. The number of hydrogen-bond acceptors (Lipinski definition) is 3. The third-order valence-corrected chi connectivity index (χ3v) is 1.89. The number of benzene rings is 1. The molecule has 3 heteroatoms. The van der Waals surface area contributed by atoms with Gasteiger partial charge in [-0.1, -0.05) is 51.1 Å². The molecule has 0 aliphatic heterocycles. The Morgan fingerprint density at radius 3 is 2.38 bits per heavy atom. The summed E-state index contributed by atoms with van der Waals surface area (Å²) in [6.07, 6.45) is 0.349. The minimum atomic E-state index is -0.330. The van der Waals surface area contributed by atoms with Crippen LogP contribution < -0.4 is 0 Å². The van der Waals surface area contributed by atoms with Gasteiger partial charge in [-0.05, 0) is 11.0 Å². The first-order valence-electron chi connectivity index (χ1n) is 5.33. The van der Waals surface area contributed by atoms with Gasteiger partial charge < -0.3 is 0 Å². The first kappa shape index (κ1) is 12.7. The lowest BCUT2D eigenvalue weighted by atomic mass is 9.93.